The van der Waals surface area contributed by atoms with Crippen molar-refractivity contribution in [2.75, 3.05) is 6.61 Å². The number of hydrogen-bond acceptors (Lipinski definition) is 4. The van der Waals surface area contributed by atoms with Gasteiger partial charge >= 0.3 is 5.97 Å². The second-order valence-corrected chi connectivity index (χ2v) is 7.01. The summed E-state index contributed by atoms with van der Waals surface area (Å²) < 4.78 is 5.33. The summed E-state index contributed by atoms with van der Waals surface area (Å²) in [4.78, 5) is 30.7. The van der Waals surface area contributed by atoms with Crippen LogP contribution in [0.4, 0.5) is 0 Å². The van der Waals surface area contributed by atoms with Crippen LogP contribution in [0.2, 0.25) is 0 Å². The van der Waals surface area contributed by atoms with Gasteiger partial charge in [0.05, 0.1) is 12.3 Å². The van der Waals surface area contributed by atoms with E-state index < -0.39 is 11.8 Å². The molecular formula is C23H21NO3. The summed E-state index contributed by atoms with van der Waals surface area (Å²) in [6.07, 6.45) is 0. The Labute approximate surface area is 158 Å². The number of ketones is 1. The van der Waals surface area contributed by atoms with Crippen molar-refractivity contribution in [2.24, 2.45) is 10.9 Å². The van der Waals surface area contributed by atoms with Gasteiger partial charge in [0.15, 0.2) is 5.78 Å². The van der Waals surface area contributed by atoms with Crippen molar-refractivity contribution in [2.45, 2.75) is 26.7 Å². The van der Waals surface area contributed by atoms with Crippen LogP contribution in [0.1, 0.15) is 46.8 Å². The van der Waals surface area contributed by atoms with Crippen molar-refractivity contribution in [3.8, 4) is 0 Å². The van der Waals surface area contributed by atoms with Gasteiger partial charge in [-0.05, 0) is 26.3 Å². The molecule has 1 aliphatic carbocycles. The predicted octanol–water partition coefficient (Wildman–Crippen LogP) is 4.34. The molecule has 4 nitrogen and oxygen atoms in total. The van der Waals surface area contributed by atoms with Crippen LogP contribution in [-0.2, 0) is 9.53 Å². The fourth-order valence-corrected chi connectivity index (χ4v) is 4.02. The molecule has 1 heterocycles. The highest BCUT2D eigenvalue weighted by Crippen LogP contribution is 2.48. The molecule has 0 aromatic heterocycles. The minimum atomic E-state index is -0.593. The summed E-state index contributed by atoms with van der Waals surface area (Å²) in [5, 5.41) is 0. The molecule has 4 heteroatoms. The third-order valence-corrected chi connectivity index (χ3v) is 5.29. The molecule has 0 amide bonds. The van der Waals surface area contributed by atoms with E-state index in [4.69, 9.17) is 4.74 Å². The molecule has 2 aliphatic rings. The number of nitrogens with zero attached hydrogens (tertiary/aromatic N) is 1. The SMILES string of the molecule is CCOC(=O)C1C(C)=NC2=C(C(=O)c3ccccc32)[C@H]1c1ccc(C)cc1. The van der Waals surface area contributed by atoms with Gasteiger partial charge in [0.25, 0.3) is 0 Å². The highest BCUT2D eigenvalue weighted by Gasteiger charge is 2.45. The van der Waals surface area contributed by atoms with E-state index in [9.17, 15) is 9.59 Å². The Bertz CT molecular complexity index is 999. The predicted molar refractivity (Wildman–Crippen MR) is 105 cm³/mol. The highest BCUT2D eigenvalue weighted by atomic mass is 16.5. The molecule has 1 unspecified atom stereocenters. The van der Waals surface area contributed by atoms with E-state index in [2.05, 4.69) is 4.99 Å². The number of carbonyl (C=O) groups is 2. The first-order valence-corrected chi connectivity index (χ1v) is 9.19. The molecule has 4 rings (SSSR count). The van der Waals surface area contributed by atoms with E-state index in [1.807, 2.05) is 62.4 Å². The molecule has 0 radical (unpaired) electrons. The monoisotopic (exact) mass is 359 g/mol. The number of rotatable bonds is 3. The minimum Gasteiger partial charge on any atom is -0.465 e. The Morgan fingerprint density at radius 1 is 1.04 bits per heavy atom. The molecule has 0 N–H and O–H groups in total. The van der Waals surface area contributed by atoms with Gasteiger partial charge in [-0.3, -0.25) is 14.6 Å². The fraction of sp³-hybridized carbons (Fsp3) is 0.261. The molecule has 2 aromatic carbocycles. The number of fused-ring (bicyclic) bond motifs is 2. The second kappa shape index (κ2) is 6.62. The van der Waals surface area contributed by atoms with Gasteiger partial charge in [0, 0.05) is 28.3 Å². The third-order valence-electron chi connectivity index (χ3n) is 5.29. The highest BCUT2D eigenvalue weighted by molar-refractivity contribution is 6.24. The van der Waals surface area contributed by atoms with Gasteiger partial charge in [-0.2, -0.15) is 0 Å². The zero-order valence-corrected chi connectivity index (χ0v) is 15.7. The van der Waals surface area contributed by atoms with Crippen LogP contribution in [0.15, 0.2) is 59.1 Å². The number of aryl methyl sites for hydroxylation is 1. The summed E-state index contributed by atoms with van der Waals surface area (Å²) in [7, 11) is 0. The molecular weight excluding hydrogens is 338 g/mol. The van der Waals surface area contributed by atoms with Gasteiger partial charge in [-0.15, -0.1) is 0 Å². The quantitative estimate of drug-likeness (QED) is 0.766. The van der Waals surface area contributed by atoms with Gasteiger partial charge in [-0.1, -0.05) is 54.1 Å². The third kappa shape index (κ3) is 2.72. The first-order valence-electron chi connectivity index (χ1n) is 9.19. The van der Waals surface area contributed by atoms with Gasteiger partial charge in [0.1, 0.15) is 5.92 Å². The first kappa shape index (κ1) is 17.4. The van der Waals surface area contributed by atoms with Crippen molar-refractivity contribution in [1.29, 1.82) is 0 Å². The van der Waals surface area contributed by atoms with Crippen LogP contribution >= 0.6 is 0 Å². The number of hydrogen-bond donors (Lipinski definition) is 0. The molecule has 0 bridgehead atoms. The molecule has 1 aliphatic heterocycles. The van der Waals surface area contributed by atoms with Crippen molar-refractivity contribution < 1.29 is 14.3 Å². The molecule has 0 saturated carbocycles. The molecule has 136 valence electrons. The Hall–Kier alpha value is -3.01. The van der Waals surface area contributed by atoms with Gasteiger partial charge in [-0.25, -0.2) is 0 Å². The smallest absolute Gasteiger partial charge is 0.315 e. The van der Waals surface area contributed by atoms with Crippen LogP contribution in [-0.4, -0.2) is 24.1 Å². The number of aliphatic imine (C=N–C) groups is 1. The average molecular weight is 359 g/mol. The zero-order chi connectivity index (χ0) is 19.1. The van der Waals surface area contributed by atoms with E-state index in [0.717, 1.165) is 16.7 Å². The second-order valence-electron chi connectivity index (χ2n) is 7.01. The molecule has 2 aromatic rings. The van der Waals surface area contributed by atoms with E-state index in [1.165, 1.54) is 0 Å². The number of carbonyl (C=O) groups excluding carboxylic acids is 2. The lowest BCUT2D eigenvalue weighted by Crippen LogP contribution is -2.35. The van der Waals surface area contributed by atoms with Crippen molar-refractivity contribution >= 4 is 23.2 Å². The number of benzene rings is 2. The largest absolute Gasteiger partial charge is 0.465 e. The Morgan fingerprint density at radius 3 is 2.37 bits per heavy atom. The maximum Gasteiger partial charge on any atom is 0.315 e. The molecule has 0 spiro atoms. The summed E-state index contributed by atoms with van der Waals surface area (Å²) in [5.74, 6) is -1.36. The summed E-state index contributed by atoms with van der Waals surface area (Å²) in [6, 6.07) is 15.5. The Morgan fingerprint density at radius 2 is 1.70 bits per heavy atom. The van der Waals surface area contributed by atoms with Crippen LogP contribution < -0.4 is 0 Å². The van der Waals surface area contributed by atoms with Crippen molar-refractivity contribution in [3.63, 3.8) is 0 Å². The molecule has 0 fully saturated rings. The normalized spacial score (nSPS) is 20.9. The molecule has 2 atom stereocenters. The topological polar surface area (TPSA) is 55.7 Å². The zero-order valence-electron chi connectivity index (χ0n) is 15.7. The Balaban J connectivity index is 1.92. The number of esters is 1. The van der Waals surface area contributed by atoms with Gasteiger partial charge < -0.3 is 4.74 Å². The van der Waals surface area contributed by atoms with Crippen LogP contribution in [0.25, 0.3) is 5.70 Å². The standard InChI is InChI=1S/C23H21NO3/c1-4-27-23(26)18-14(3)24-21-16-7-5-6-8-17(16)22(25)20(21)19(18)15-11-9-13(2)10-12-15/h5-12,18-19H,4H2,1-3H3/t18?,19-/m0/s1. The number of allylic oxidation sites excluding steroid dienone is 1. The lowest BCUT2D eigenvalue weighted by Gasteiger charge is -2.30. The summed E-state index contributed by atoms with van der Waals surface area (Å²) in [5.41, 5.74) is 5.53. The van der Waals surface area contributed by atoms with Crippen LogP contribution in [0.5, 0.6) is 0 Å². The fourth-order valence-electron chi connectivity index (χ4n) is 4.02. The van der Waals surface area contributed by atoms with Gasteiger partial charge in [0.2, 0.25) is 0 Å². The van der Waals surface area contributed by atoms with E-state index in [1.54, 1.807) is 6.92 Å². The number of Topliss-reactive ketones (excluding diaryl/α,β-unsaturated/α-hetero) is 1. The summed E-state index contributed by atoms with van der Waals surface area (Å²) >= 11 is 0. The number of ether oxygens (including phenoxy) is 1. The summed E-state index contributed by atoms with van der Waals surface area (Å²) in [6.45, 7) is 5.94. The lowest BCUT2D eigenvalue weighted by atomic mass is 9.75. The molecule has 0 saturated heterocycles. The average Bonchev–Trinajstić information content (AvgIpc) is 2.94. The van der Waals surface area contributed by atoms with Crippen molar-refractivity contribution in [1.82, 2.24) is 0 Å². The van der Waals surface area contributed by atoms with E-state index in [-0.39, 0.29) is 11.8 Å². The Kier molecular flexibility index (Phi) is 4.27. The maximum atomic E-state index is 13.2. The minimum absolute atomic E-state index is 0.0447. The van der Waals surface area contributed by atoms with E-state index in [0.29, 0.717) is 29.2 Å². The lowest BCUT2D eigenvalue weighted by molar-refractivity contribution is -0.145. The maximum absolute atomic E-state index is 13.2. The molecule has 27 heavy (non-hydrogen) atoms. The van der Waals surface area contributed by atoms with Crippen molar-refractivity contribution in [3.05, 3.63) is 76.4 Å². The van der Waals surface area contributed by atoms with Crippen LogP contribution in [0.3, 0.4) is 0 Å². The van der Waals surface area contributed by atoms with E-state index >= 15 is 0 Å². The first-order chi connectivity index (χ1) is 13.0. The van der Waals surface area contributed by atoms with Crippen LogP contribution in [0, 0.1) is 12.8 Å².